The number of para-hydroxylation sites is 2. The third kappa shape index (κ3) is 3.75. The fourth-order valence-electron chi connectivity index (χ4n) is 3.39. The summed E-state index contributed by atoms with van der Waals surface area (Å²) in [5.74, 6) is 0.838. The van der Waals surface area contributed by atoms with Crippen LogP contribution in [0.25, 0.3) is 0 Å². The zero-order valence-corrected chi connectivity index (χ0v) is 16.4. The summed E-state index contributed by atoms with van der Waals surface area (Å²) < 4.78 is 5.60. The van der Waals surface area contributed by atoms with Gasteiger partial charge in [-0.15, -0.1) is 0 Å². The first-order valence-electron chi connectivity index (χ1n) is 9.17. The molecule has 3 aromatic rings. The van der Waals surface area contributed by atoms with E-state index in [2.05, 4.69) is 23.5 Å². The second-order valence-electron chi connectivity index (χ2n) is 6.52. The highest BCUT2D eigenvalue weighted by atomic mass is 32.1. The Bertz CT molecular complexity index is 989. The molecule has 5 heteroatoms. The van der Waals surface area contributed by atoms with Gasteiger partial charge >= 0.3 is 0 Å². The van der Waals surface area contributed by atoms with Gasteiger partial charge in [0.1, 0.15) is 5.75 Å². The second-order valence-corrected chi connectivity index (χ2v) is 6.90. The molecule has 0 spiro atoms. The highest BCUT2D eigenvalue weighted by Gasteiger charge is 2.33. The van der Waals surface area contributed by atoms with Gasteiger partial charge < -0.3 is 10.1 Å². The van der Waals surface area contributed by atoms with Crippen LogP contribution in [0.1, 0.15) is 23.6 Å². The Morgan fingerprint density at radius 1 is 0.964 bits per heavy atom. The average molecular weight is 388 g/mol. The molecule has 1 atom stereocenters. The van der Waals surface area contributed by atoms with E-state index in [1.807, 2.05) is 71.7 Å². The smallest absolute Gasteiger partial charge is 0.194 e. The van der Waals surface area contributed by atoms with Gasteiger partial charge in [-0.25, -0.2) is 5.01 Å². The molecule has 0 fully saturated rings. The minimum atomic E-state index is -0.0323. The lowest BCUT2D eigenvalue weighted by molar-refractivity contribution is 0.350. The number of rotatable bonds is 4. The molecular formula is C23H21N3OS. The highest BCUT2D eigenvalue weighted by Crippen LogP contribution is 2.37. The summed E-state index contributed by atoms with van der Waals surface area (Å²) in [6.45, 7) is 0. The quantitative estimate of drug-likeness (QED) is 0.621. The van der Waals surface area contributed by atoms with Gasteiger partial charge in [0.05, 0.1) is 18.9 Å². The van der Waals surface area contributed by atoms with Crippen LogP contribution in [0.5, 0.6) is 5.75 Å². The van der Waals surface area contributed by atoms with Crippen molar-refractivity contribution in [1.82, 2.24) is 5.01 Å². The summed E-state index contributed by atoms with van der Waals surface area (Å²) in [4.78, 5) is 0. The van der Waals surface area contributed by atoms with Gasteiger partial charge in [0.15, 0.2) is 5.11 Å². The van der Waals surface area contributed by atoms with Gasteiger partial charge in [0.2, 0.25) is 0 Å². The number of thiocarbonyl (C=S) groups is 1. The summed E-state index contributed by atoms with van der Waals surface area (Å²) in [6, 6.07) is 28.1. The van der Waals surface area contributed by atoms with Crippen LogP contribution in [-0.4, -0.2) is 22.9 Å². The van der Waals surface area contributed by atoms with E-state index in [-0.39, 0.29) is 6.04 Å². The van der Waals surface area contributed by atoms with Crippen molar-refractivity contribution in [3.63, 3.8) is 0 Å². The molecule has 0 aliphatic carbocycles. The summed E-state index contributed by atoms with van der Waals surface area (Å²) in [7, 11) is 1.69. The molecule has 0 unspecified atom stereocenters. The molecule has 4 rings (SSSR count). The SMILES string of the molecule is COc1ccccc1[C@@H]1CC(c2ccccc2)=NN1C(=S)Nc1ccccc1. The Kier molecular flexibility index (Phi) is 5.35. The number of benzene rings is 3. The molecule has 0 saturated heterocycles. The molecule has 1 heterocycles. The van der Waals surface area contributed by atoms with E-state index in [1.54, 1.807) is 7.11 Å². The van der Waals surface area contributed by atoms with Gasteiger partial charge in [-0.2, -0.15) is 5.10 Å². The summed E-state index contributed by atoms with van der Waals surface area (Å²) in [6.07, 6.45) is 0.751. The third-order valence-electron chi connectivity index (χ3n) is 4.75. The van der Waals surface area contributed by atoms with Crippen molar-refractivity contribution in [2.45, 2.75) is 12.5 Å². The van der Waals surface area contributed by atoms with E-state index >= 15 is 0 Å². The molecule has 1 N–H and O–H groups in total. The Hall–Kier alpha value is -3.18. The van der Waals surface area contributed by atoms with E-state index in [0.29, 0.717) is 5.11 Å². The Balaban J connectivity index is 1.69. The van der Waals surface area contributed by atoms with Crippen LogP contribution >= 0.6 is 12.2 Å². The largest absolute Gasteiger partial charge is 0.496 e. The van der Waals surface area contributed by atoms with Gasteiger partial charge in [-0.3, -0.25) is 0 Å². The zero-order valence-electron chi connectivity index (χ0n) is 15.6. The molecule has 4 nitrogen and oxygen atoms in total. The first kappa shape index (κ1) is 18.2. The Labute approximate surface area is 170 Å². The first-order chi connectivity index (χ1) is 13.8. The maximum atomic E-state index is 5.72. The van der Waals surface area contributed by atoms with Crippen molar-refractivity contribution in [3.05, 3.63) is 96.1 Å². The molecule has 140 valence electrons. The van der Waals surface area contributed by atoms with Crippen molar-refractivity contribution in [2.75, 3.05) is 12.4 Å². The van der Waals surface area contributed by atoms with Crippen molar-refractivity contribution >= 4 is 28.7 Å². The number of hydrazone groups is 1. The molecule has 1 aliphatic rings. The van der Waals surface area contributed by atoms with Crippen LogP contribution in [0.15, 0.2) is 90.0 Å². The average Bonchev–Trinajstić information content (AvgIpc) is 3.20. The maximum absolute atomic E-state index is 5.72. The number of methoxy groups -OCH3 is 1. The Morgan fingerprint density at radius 3 is 2.32 bits per heavy atom. The lowest BCUT2D eigenvalue weighted by Crippen LogP contribution is -2.31. The molecule has 1 aliphatic heterocycles. The highest BCUT2D eigenvalue weighted by molar-refractivity contribution is 7.80. The summed E-state index contributed by atoms with van der Waals surface area (Å²) in [5.41, 5.74) is 4.12. The van der Waals surface area contributed by atoms with Crippen LogP contribution < -0.4 is 10.1 Å². The number of anilines is 1. The van der Waals surface area contributed by atoms with Crippen molar-refractivity contribution in [2.24, 2.45) is 5.10 Å². The molecule has 28 heavy (non-hydrogen) atoms. The molecule has 0 amide bonds. The zero-order chi connectivity index (χ0) is 19.3. The third-order valence-corrected chi connectivity index (χ3v) is 5.04. The standard InChI is InChI=1S/C23H21N3OS/c1-27-22-15-9-8-14-19(22)21-16-20(17-10-4-2-5-11-17)25-26(21)23(28)24-18-12-6-3-7-13-18/h2-15,21H,16H2,1H3,(H,24,28)/t21-/m0/s1. The van der Waals surface area contributed by atoms with Crippen LogP contribution in [0.3, 0.4) is 0 Å². The molecule has 3 aromatic carbocycles. The second kappa shape index (κ2) is 8.23. The maximum Gasteiger partial charge on any atom is 0.194 e. The van der Waals surface area contributed by atoms with Gasteiger partial charge in [0.25, 0.3) is 0 Å². The predicted molar refractivity (Wildman–Crippen MR) is 118 cm³/mol. The van der Waals surface area contributed by atoms with E-state index in [4.69, 9.17) is 22.1 Å². The van der Waals surface area contributed by atoms with E-state index in [0.717, 1.165) is 34.7 Å². The Morgan fingerprint density at radius 2 is 1.61 bits per heavy atom. The summed E-state index contributed by atoms with van der Waals surface area (Å²) >= 11 is 5.72. The lowest BCUT2D eigenvalue weighted by Gasteiger charge is -2.26. The predicted octanol–water partition coefficient (Wildman–Crippen LogP) is 5.24. The summed E-state index contributed by atoms with van der Waals surface area (Å²) in [5, 5.41) is 10.6. The topological polar surface area (TPSA) is 36.9 Å². The minimum absolute atomic E-state index is 0.0323. The number of nitrogens with one attached hydrogen (secondary N) is 1. The molecule has 0 aromatic heterocycles. The molecule has 0 radical (unpaired) electrons. The minimum Gasteiger partial charge on any atom is -0.496 e. The van der Waals surface area contributed by atoms with Gasteiger partial charge in [-0.1, -0.05) is 66.7 Å². The van der Waals surface area contributed by atoms with Crippen molar-refractivity contribution < 1.29 is 4.74 Å². The van der Waals surface area contributed by atoms with Crippen LogP contribution in [0.4, 0.5) is 5.69 Å². The lowest BCUT2D eigenvalue weighted by atomic mass is 9.98. The van der Waals surface area contributed by atoms with E-state index in [1.165, 1.54) is 0 Å². The van der Waals surface area contributed by atoms with Crippen LogP contribution in [0.2, 0.25) is 0 Å². The van der Waals surface area contributed by atoms with E-state index < -0.39 is 0 Å². The van der Waals surface area contributed by atoms with Gasteiger partial charge in [-0.05, 0) is 36.0 Å². The van der Waals surface area contributed by atoms with Crippen LogP contribution in [-0.2, 0) is 0 Å². The number of ether oxygens (including phenoxy) is 1. The van der Waals surface area contributed by atoms with E-state index in [9.17, 15) is 0 Å². The fourth-order valence-corrected chi connectivity index (χ4v) is 3.67. The van der Waals surface area contributed by atoms with Crippen molar-refractivity contribution in [3.8, 4) is 5.75 Å². The molecular weight excluding hydrogens is 366 g/mol. The molecule has 0 saturated carbocycles. The monoisotopic (exact) mass is 387 g/mol. The van der Waals surface area contributed by atoms with Crippen LogP contribution in [0, 0.1) is 0 Å². The molecule has 0 bridgehead atoms. The number of hydrogen-bond donors (Lipinski definition) is 1. The van der Waals surface area contributed by atoms with Crippen molar-refractivity contribution in [1.29, 1.82) is 0 Å². The number of hydrogen-bond acceptors (Lipinski definition) is 3. The number of nitrogens with zero attached hydrogens (tertiary/aromatic N) is 2. The fraction of sp³-hybridized carbons (Fsp3) is 0.130. The first-order valence-corrected chi connectivity index (χ1v) is 9.58. The normalized spacial score (nSPS) is 15.8. The van der Waals surface area contributed by atoms with Gasteiger partial charge in [0, 0.05) is 17.7 Å².